The molecular formula is C48H54Cl2Zr-2. The van der Waals surface area contributed by atoms with Crippen LogP contribution in [-0.4, -0.2) is 3.21 Å². The maximum absolute atomic E-state index is 3.82. The molecule has 0 atom stereocenters. The maximum Gasteiger partial charge on any atom is -0.0635 e. The molecule has 0 spiro atoms. The molecule has 0 N–H and O–H groups in total. The minimum absolute atomic E-state index is 0. The molecule has 0 amide bonds. The largest absolute Gasteiger partial charge is 1.00 e. The van der Waals surface area contributed by atoms with E-state index in [1.807, 2.05) is 18.2 Å². The molecule has 1 aliphatic rings. The second kappa shape index (κ2) is 18.2. The molecular weight excluding hydrogens is 739 g/mol. The summed E-state index contributed by atoms with van der Waals surface area (Å²) >= 11 is 1.46. The van der Waals surface area contributed by atoms with E-state index in [1.165, 1.54) is 88.6 Å². The molecule has 0 saturated carbocycles. The Kier molecular flexibility index (Phi) is 15.8. The monoisotopic (exact) mass is 790 g/mol. The van der Waals surface area contributed by atoms with Gasteiger partial charge in [0.15, 0.2) is 0 Å². The fourth-order valence-corrected chi connectivity index (χ4v) is 6.65. The van der Waals surface area contributed by atoms with Gasteiger partial charge in [0.2, 0.25) is 0 Å². The van der Waals surface area contributed by atoms with Gasteiger partial charge in [0.1, 0.15) is 0 Å². The summed E-state index contributed by atoms with van der Waals surface area (Å²) in [6.07, 6.45) is 4.74. The number of halogens is 2. The summed E-state index contributed by atoms with van der Waals surface area (Å²) in [6, 6.07) is 38.8. The van der Waals surface area contributed by atoms with Gasteiger partial charge in [-0.1, -0.05) is 75.1 Å². The van der Waals surface area contributed by atoms with Crippen LogP contribution in [0.1, 0.15) is 118 Å². The van der Waals surface area contributed by atoms with Crippen LogP contribution in [-0.2, 0) is 46.9 Å². The van der Waals surface area contributed by atoms with Crippen LogP contribution >= 0.6 is 0 Å². The Morgan fingerprint density at radius 2 is 1.12 bits per heavy atom. The minimum Gasteiger partial charge on any atom is -1.00 e. The molecule has 6 rings (SSSR count). The van der Waals surface area contributed by atoms with Crippen molar-refractivity contribution >= 4 is 15.4 Å². The first-order chi connectivity index (χ1) is 22.9. The molecule has 266 valence electrons. The normalized spacial score (nSPS) is 11.6. The van der Waals surface area contributed by atoms with Gasteiger partial charge < -0.3 is 24.8 Å². The number of fused-ring (bicyclic) bond motifs is 3. The van der Waals surface area contributed by atoms with E-state index in [4.69, 9.17) is 0 Å². The second-order valence-electron chi connectivity index (χ2n) is 16.3. The molecule has 0 heterocycles. The Bertz CT molecular complexity index is 1800. The van der Waals surface area contributed by atoms with Crippen molar-refractivity contribution < 1.29 is 49.0 Å². The Morgan fingerprint density at radius 1 is 0.647 bits per heavy atom. The van der Waals surface area contributed by atoms with Crippen LogP contribution in [0, 0.1) is 13.0 Å². The van der Waals surface area contributed by atoms with Crippen LogP contribution in [0.15, 0.2) is 110 Å². The quantitative estimate of drug-likeness (QED) is 0.173. The van der Waals surface area contributed by atoms with Gasteiger partial charge >= 0.3 is 151 Å². The summed E-state index contributed by atoms with van der Waals surface area (Å²) in [6.45, 7) is 30.0. The van der Waals surface area contributed by atoms with Crippen LogP contribution in [0.5, 0.6) is 0 Å². The van der Waals surface area contributed by atoms with E-state index in [-0.39, 0.29) is 35.6 Å². The number of aryl methyl sites for hydroxylation is 1. The van der Waals surface area contributed by atoms with Crippen molar-refractivity contribution in [3.05, 3.63) is 172 Å². The zero-order valence-corrected chi connectivity index (χ0v) is 36.2. The smallest absolute Gasteiger partial charge is 0.0635 e. The maximum atomic E-state index is 3.82. The van der Waals surface area contributed by atoms with E-state index in [0.29, 0.717) is 5.41 Å². The summed E-state index contributed by atoms with van der Waals surface area (Å²) in [5, 5.41) is 0. The van der Waals surface area contributed by atoms with Crippen molar-refractivity contribution in [2.24, 2.45) is 0 Å². The predicted octanol–water partition coefficient (Wildman–Crippen LogP) is 6.76. The van der Waals surface area contributed by atoms with Gasteiger partial charge in [0.25, 0.3) is 0 Å². The van der Waals surface area contributed by atoms with Crippen molar-refractivity contribution in [1.82, 2.24) is 0 Å². The third kappa shape index (κ3) is 11.8. The van der Waals surface area contributed by atoms with Gasteiger partial charge in [-0.2, -0.15) is 47.0 Å². The van der Waals surface area contributed by atoms with Crippen molar-refractivity contribution in [3.63, 3.8) is 0 Å². The third-order valence-electron chi connectivity index (χ3n) is 9.17. The molecule has 0 nitrogen and oxygen atoms in total. The first-order valence-electron chi connectivity index (χ1n) is 17.4. The fraction of sp³-hybridized carbons (Fsp3) is 0.292. The minimum atomic E-state index is 0. The molecule has 0 aromatic heterocycles. The molecule has 0 saturated heterocycles. The van der Waals surface area contributed by atoms with Gasteiger partial charge in [-0.15, -0.1) is 23.8 Å². The standard InChI is InChI=1S/C21H26.C17H13.C10H15.2ClH.Zr/c1-20(2,3)18-11-7-16(8-12-18)15-17-9-13-19(14-10-17)21(4,5)6;1-3-12-5-7-14-11-15-8-6-13(4-2)10-17(15)16(14)9-12;1-8-5-6-9(7-8)10(2,3)4;;;/h7-14H,1-6H3;3-7,9-10H,1-2,11H2;5-7H,1-4H3;2*1H;/q;2*-1;;;+2/p-2. The molecule has 0 fully saturated rings. The van der Waals surface area contributed by atoms with Crippen molar-refractivity contribution in [3.8, 4) is 11.1 Å². The van der Waals surface area contributed by atoms with Crippen LogP contribution in [0.25, 0.3) is 23.3 Å². The van der Waals surface area contributed by atoms with E-state index < -0.39 is 0 Å². The number of rotatable bonds is 4. The third-order valence-corrected chi connectivity index (χ3v) is 10.6. The Labute approximate surface area is 337 Å². The number of benzene rings is 4. The first kappa shape index (κ1) is 44.2. The molecule has 51 heavy (non-hydrogen) atoms. The summed E-state index contributed by atoms with van der Waals surface area (Å²) < 4.78 is 1.42. The summed E-state index contributed by atoms with van der Waals surface area (Å²) in [4.78, 5) is 0. The van der Waals surface area contributed by atoms with Gasteiger partial charge in [-0.05, 0) is 12.0 Å². The Morgan fingerprint density at radius 3 is 1.51 bits per heavy atom. The van der Waals surface area contributed by atoms with E-state index >= 15 is 0 Å². The van der Waals surface area contributed by atoms with E-state index in [0.717, 1.165) is 12.0 Å². The zero-order valence-electron chi connectivity index (χ0n) is 32.3. The van der Waals surface area contributed by atoms with Crippen molar-refractivity contribution in [1.29, 1.82) is 0 Å². The van der Waals surface area contributed by atoms with Crippen LogP contribution in [0.3, 0.4) is 0 Å². The van der Waals surface area contributed by atoms with Gasteiger partial charge in [-0.25, -0.2) is 6.07 Å². The summed E-state index contributed by atoms with van der Waals surface area (Å²) in [5.74, 6) is 0. The zero-order chi connectivity index (χ0) is 36.1. The van der Waals surface area contributed by atoms with Crippen LogP contribution in [0.2, 0.25) is 0 Å². The van der Waals surface area contributed by atoms with Crippen molar-refractivity contribution in [2.45, 2.75) is 91.9 Å². The topological polar surface area (TPSA) is 0 Å². The SMILES string of the molecule is C=Cc1c[c-]c2c(c1)-c1cc(C=C)ccc1C2.CC(C)(C)c1ccc([C](=[Zr+2])c2ccc(C(C)(C)C)cc2)cc1.Cc1cc(C(C)(C)C)c[cH-]1.[Cl-].[Cl-]. The average Bonchev–Trinajstić information content (AvgIpc) is 3.67. The Hall–Kier alpha value is -2.96. The van der Waals surface area contributed by atoms with Gasteiger partial charge in [0.05, 0.1) is 0 Å². The van der Waals surface area contributed by atoms with Crippen LogP contribution in [0.4, 0.5) is 0 Å². The first-order valence-corrected chi connectivity index (χ1v) is 18.6. The molecule has 0 radical (unpaired) electrons. The van der Waals surface area contributed by atoms with E-state index in [9.17, 15) is 0 Å². The molecule has 1 aliphatic carbocycles. The fourth-order valence-electron chi connectivity index (χ4n) is 5.83. The van der Waals surface area contributed by atoms with Crippen LogP contribution < -0.4 is 24.8 Å². The predicted molar refractivity (Wildman–Crippen MR) is 213 cm³/mol. The molecule has 0 bridgehead atoms. The van der Waals surface area contributed by atoms with E-state index in [1.54, 1.807) is 0 Å². The molecule has 0 unspecified atom stereocenters. The summed E-state index contributed by atoms with van der Waals surface area (Å²) in [5.41, 5.74) is 16.6. The molecule has 3 heteroatoms. The number of hydrogen-bond donors (Lipinski definition) is 0. The van der Waals surface area contributed by atoms with Gasteiger partial charge in [0, 0.05) is 0 Å². The summed E-state index contributed by atoms with van der Waals surface area (Å²) in [7, 11) is 0. The van der Waals surface area contributed by atoms with Gasteiger partial charge in [-0.3, -0.25) is 0 Å². The second-order valence-corrected chi connectivity index (χ2v) is 17.5. The molecule has 5 aromatic carbocycles. The Balaban J connectivity index is 0.000000277. The van der Waals surface area contributed by atoms with E-state index in [2.05, 4.69) is 179 Å². The van der Waals surface area contributed by atoms with Crippen molar-refractivity contribution in [2.75, 3.05) is 0 Å². The molecule has 5 aromatic rings. The average molecular weight is 793 g/mol. The number of hydrogen-bond acceptors (Lipinski definition) is 0. The molecule has 0 aliphatic heterocycles.